The number of nitrogens with zero attached hydrogens (tertiary/aromatic N) is 1. The summed E-state index contributed by atoms with van der Waals surface area (Å²) in [5.74, 6) is -0.897. The maximum absolute atomic E-state index is 13.8. The second kappa shape index (κ2) is 14.8. The van der Waals surface area contributed by atoms with Crippen molar-refractivity contribution in [2.24, 2.45) is 0 Å². The Morgan fingerprint density at radius 2 is 1.69 bits per heavy atom. The molecule has 1 aliphatic heterocycles. The van der Waals surface area contributed by atoms with E-state index in [4.69, 9.17) is 9.47 Å². The number of hydrogen-bond donors (Lipinski definition) is 1. The summed E-state index contributed by atoms with van der Waals surface area (Å²) >= 11 is 0. The first-order valence-corrected chi connectivity index (χ1v) is 14.2. The third kappa shape index (κ3) is 10.1. The molecule has 1 saturated heterocycles. The van der Waals surface area contributed by atoms with Crippen molar-refractivity contribution in [3.63, 3.8) is 0 Å². The Hall–Kier alpha value is -3.19. The van der Waals surface area contributed by atoms with E-state index in [-0.39, 0.29) is 24.3 Å². The number of benzene rings is 2. The Morgan fingerprint density at radius 3 is 2.33 bits per heavy atom. The summed E-state index contributed by atoms with van der Waals surface area (Å²) in [5.41, 5.74) is 1.60. The van der Waals surface area contributed by atoms with Crippen molar-refractivity contribution in [3.8, 4) is 0 Å². The highest BCUT2D eigenvalue weighted by Crippen LogP contribution is 2.28. The van der Waals surface area contributed by atoms with Crippen molar-refractivity contribution in [1.82, 2.24) is 10.2 Å². The van der Waals surface area contributed by atoms with E-state index in [9.17, 15) is 14.4 Å². The molecular formula is C32H44N2O5. The van der Waals surface area contributed by atoms with E-state index in [1.807, 2.05) is 76.2 Å². The second-order valence-corrected chi connectivity index (χ2v) is 11.3. The number of aryl methyl sites for hydroxylation is 1. The fourth-order valence-corrected chi connectivity index (χ4v) is 4.87. The molecule has 7 heteroatoms. The highest BCUT2D eigenvalue weighted by molar-refractivity contribution is 5.87. The lowest BCUT2D eigenvalue weighted by atomic mass is 9.93. The SMILES string of the molecule is CCCCOC(=O)[C@H](CCc1ccccc1)NC1CCC(c2ccccc2)CN(CC(=O)OC(C)(C)C)C1=O. The molecule has 2 aromatic rings. The topological polar surface area (TPSA) is 84.9 Å². The molecule has 7 nitrogen and oxygen atoms in total. The maximum atomic E-state index is 13.8. The summed E-state index contributed by atoms with van der Waals surface area (Å²) in [6, 6.07) is 18.8. The predicted octanol–water partition coefficient (Wildman–Crippen LogP) is 5.04. The van der Waals surface area contributed by atoms with Crippen LogP contribution in [0, 0.1) is 0 Å². The minimum Gasteiger partial charge on any atom is -0.465 e. The van der Waals surface area contributed by atoms with Crippen LogP contribution in [0.2, 0.25) is 0 Å². The number of unbranched alkanes of at least 4 members (excludes halogenated alkanes) is 1. The first-order valence-electron chi connectivity index (χ1n) is 14.2. The summed E-state index contributed by atoms with van der Waals surface area (Å²) in [7, 11) is 0. The van der Waals surface area contributed by atoms with Gasteiger partial charge in [0.05, 0.1) is 12.6 Å². The highest BCUT2D eigenvalue weighted by atomic mass is 16.6. The van der Waals surface area contributed by atoms with Crippen molar-refractivity contribution in [2.45, 2.75) is 89.8 Å². The minimum atomic E-state index is -0.646. The van der Waals surface area contributed by atoms with Gasteiger partial charge in [0.2, 0.25) is 5.91 Å². The normalized spacial score (nSPS) is 18.8. The Morgan fingerprint density at radius 1 is 1.03 bits per heavy atom. The van der Waals surface area contributed by atoms with Gasteiger partial charge in [-0.05, 0) is 64.0 Å². The Balaban J connectivity index is 1.80. The quantitative estimate of drug-likeness (QED) is 0.302. The molecule has 0 saturated carbocycles. The lowest BCUT2D eigenvalue weighted by Crippen LogP contribution is -2.53. The molecule has 1 aliphatic rings. The molecule has 1 fully saturated rings. The van der Waals surface area contributed by atoms with Gasteiger partial charge in [0, 0.05) is 12.5 Å². The van der Waals surface area contributed by atoms with E-state index < -0.39 is 23.7 Å². The zero-order chi connectivity index (χ0) is 28.3. The number of hydrogen-bond acceptors (Lipinski definition) is 6. The lowest BCUT2D eigenvalue weighted by Gasteiger charge is -2.29. The zero-order valence-electron chi connectivity index (χ0n) is 23.9. The molecule has 2 aromatic carbocycles. The number of ether oxygens (including phenoxy) is 2. The third-order valence-electron chi connectivity index (χ3n) is 6.86. The largest absolute Gasteiger partial charge is 0.465 e. The van der Waals surface area contributed by atoms with Crippen molar-refractivity contribution in [1.29, 1.82) is 0 Å². The van der Waals surface area contributed by atoms with Crippen LogP contribution in [0.3, 0.4) is 0 Å². The van der Waals surface area contributed by atoms with Gasteiger partial charge in [-0.2, -0.15) is 0 Å². The van der Waals surface area contributed by atoms with Crippen LogP contribution in [0.4, 0.5) is 0 Å². The minimum absolute atomic E-state index is 0.0728. The molecule has 1 amide bonds. The van der Waals surface area contributed by atoms with Gasteiger partial charge in [-0.3, -0.25) is 19.7 Å². The van der Waals surface area contributed by atoms with Crippen LogP contribution in [0.25, 0.3) is 0 Å². The van der Waals surface area contributed by atoms with E-state index >= 15 is 0 Å². The van der Waals surface area contributed by atoms with Gasteiger partial charge in [-0.1, -0.05) is 74.0 Å². The molecule has 1 heterocycles. The average Bonchev–Trinajstić information content (AvgIpc) is 3.05. The molecule has 0 aromatic heterocycles. The molecule has 0 radical (unpaired) electrons. The number of rotatable bonds is 12. The van der Waals surface area contributed by atoms with Gasteiger partial charge in [-0.25, -0.2) is 0 Å². The fraction of sp³-hybridized carbons (Fsp3) is 0.531. The molecule has 3 rings (SSSR count). The fourth-order valence-electron chi connectivity index (χ4n) is 4.87. The molecule has 0 spiro atoms. The summed E-state index contributed by atoms with van der Waals surface area (Å²) in [6.45, 7) is 8.13. The molecule has 0 bridgehead atoms. The van der Waals surface area contributed by atoms with Crippen molar-refractivity contribution < 1.29 is 23.9 Å². The predicted molar refractivity (Wildman–Crippen MR) is 152 cm³/mol. The number of nitrogens with one attached hydrogen (secondary N) is 1. The molecular weight excluding hydrogens is 492 g/mol. The monoisotopic (exact) mass is 536 g/mol. The maximum Gasteiger partial charge on any atom is 0.326 e. The van der Waals surface area contributed by atoms with E-state index in [1.165, 1.54) is 0 Å². The summed E-state index contributed by atoms with van der Waals surface area (Å²) in [4.78, 5) is 41.3. The van der Waals surface area contributed by atoms with Crippen LogP contribution >= 0.6 is 0 Å². The van der Waals surface area contributed by atoms with Gasteiger partial charge >= 0.3 is 11.9 Å². The number of carbonyl (C=O) groups is 3. The summed E-state index contributed by atoms with van der Waals surface area (Å²) < 4.78 is 11.1. The summed E-state index contributed by atoms with van der Waals surface area (Å²) in [6.07, 6.45) is 4.20. The Labute approximate surface area is 233 Å². The number of esters is 2. The average molecular weight is 537 g/mol. The first kappa shape index (κ1) is 30.4. The number of carbonyl (C=O) groups excluding carboxylic acids is 3. The standard InChI is InChI=1S/C32H44N2O5/c1-5-6-21-38-31(37)28(19-17-24-13-9-7-10-14-24)33-27-20-18-26(25-15-11-8-12-16-25)22-34(30(27)36)23-29(35)39-32(2,3)4/h7-16,26-28,33H,5-6,17-23H2,1-4H3/t26?,27?,28-/m0/s1. The smallest absolute Gasteiger partial charge is 0.326 e. The first-order chi connectivity index (χ1) is 18.7. The Kier molecular flexibility index (Phi) is 11.5. The van der Waals surface area contributed by atoms with Gasteiger partial charge < -0.3 is 14.4 Å². The van der Waals surface area contributed by atoms with E-state index in [0.717, 1.165) is 30.4 Å². The van der Waals surface area contributed by atoms with Crippen LogP contribution in [0.5, 0.6) is 0 Å². The van der Waals surface area contributed by atoms with E-state index in [1.54, 1.807) is 4.90 Å². The van der Waals surface area contributed by atoms with Crippen molar-refractivity contribution in [2.75, 3.05) is 19.7 Å². The molecule has 39 heavy (non-hydrogen) atoms. The molecule has 0 aliphatic carbocycles. The highest BCUT2D eigenvalue weighted by Gasteiger charge is 2.36. The molecule has 2 unspecified atom stereocenters. The van der Waals surface area contributed by atoms with Crippen LogP contribution in [-0.2, 0) is 30.3 Å². The van der Waals surface area contributed by atoms with Gasteiger partial charge in [0.1, 0.15) is 18.2 Å². The summed E-state index contributed by atoms with van der Waals surface area (Å²) in [5, 5.41) is 3.35. The van der Waals surface area contributed by atoms with Gasteiger partial charge in [0.15, 0.2) is 0 Å². The van der Waals surface area contributed by atoms with Gasteiger partial charge in [0.25, 0.3) is 0 Å². The van der Waals surface area contributed by atoms with Crippen LogP contribution in [0.1, 0.15) is 76.8 Å². The lowest BCUT2D eigenvalue weighted by molar-refractivity contribution is -0.159. The van der Waals surface area contributed by atoms with E-state index in [2.05, 4.69) is 17.4 Å². The third-order valence-corrected chi connectivity index (χ3v) is 6.86. The van der Waals surface area contributed by atoms with Crippen molar-refractivity contribution in [3.05, 3.63) is 71.8 Å². The molecule has 212 valence electrons. The number of likely N-dealkylation sites (tertiary alicyclic amines) is 1. The second-order valence-electron chi connectivity index (χ2n) is 11.3. The van der Waals surface area contributed by atoms with Gasteiger partial charge in [-0.15, -0.1) is 0 Å². The zero-order valence-corrected chi connectivity index (χ0v) is 23.9. The van der Waals surface area contributed by atoms with Crippen LogP contribution < -0.4 is 5.32 Å². The van der Waals surface area contributed by atoms with Crippen molar-refractivity contribution >= 4 is 17.8 Å². The van der Waals surface area contributed by atoms with Crippen LogP contribution in [0.15, 0.2) is 60.7 Å². The molecule has 3 atom stereocenters. The van der Waals surface area contributed by atoms with E-state index in [0.29, 0.717) is 32.4 Å². The molecule has 1 N–H and O–H groups in total. The number of amides is 1. The Bertz CT molecular complexity index is 1050. The van der Waals surface area contributed by atoms with Crippen LogP contribution in [-0.4, -0.2) is 60.1 Å².